The van der Waals surface area contributed by atoms with Crippen LogP contribution in [0.1, 0.15) is 129 Å². The van der Waals surface area contributed by atoms with Gasteiger partial charge in [0.25, 0.3) is 0 Å². The smallest absolute Gasteiger partial charge is 0.335 e. The lowest BCUT2D eigenvalue weighted by Crippen LogP contribution is -2.69. The van der Waals surface area contributed by atoms with Gasteiger partial charge in [0, 0.05) is 30.7 Å². The normalized spacial score (nSPS) is 39.9. The predicted octanol–water partition coefficient (Wildman–Crippen LogP) is 9.20. The number of carboxylic acids is 1. The SMILES string of the molecule is C=C(C)[C@@H]1CC[C@]2(NC(=O)NC(C)(C)CN3CCOCC3)CC[C@]3(C)[C@H](CC[C@@H]4[C@@]5(C)CC=C(c6ccc(C(=O)O)cc6)C(C)(C)[C@@H]5CC[C@]43C)[C@@H]12. The van der Waals surface area contributed by atoms with Crippen molar-refractivity contribution in [3.63, 3.8) is 0 Å². The van der Waals surface area contributed by atoms with E-state index in [9.17, 15) is 14.7 Å². The molecule has 0 aromatic heterocycles. The number of urea groups is 1. The first-order valence-corrected chi connectivity index (χ1v) is 20.5. The number of hydrogen-bond donors (Lipinski definition) is 3. The van der Waals surface area contributed by atoms with Gasteiger partial charge in [0.2, 0.25) is 0 Å². The van der Waals surface area contributed by atoms with Crippen molar-refractivity contribution < 1.29 is 19.4 Å². The number of allylic oxidation sites excluding steroid dienone is 3. The van der Waals surface area contributed by atoms with E-state index in [4.69, 9.17) is 4.74 Å². The number of fused-ring (bicyclic) bond motifs is 7. The molecule has 52 heavy (non-hydrogen) atoms. The first-order valence-electron chi connectivity index (χ1n) is 20.5. The Bertz CT molecular complexity index is 1610. The fourth-order valence-electron chi connectivity index (χ4n) is 14.2. The van der Waals surface area contributed by atoms with Crippen LogP contribution < -0.4 is 10.6 Å². The molecule has 7 nitrogen and oxygen atoms in total. The Labute approximate surface area is 313 Å². The topological polar surface area (TPSA) is 90.9 Å². The van der Waals surface area contributed by atoms with Crippen molar-refractivity contribution in [3.05, 3.63) is 53.6 Å². The molecule has 1 aromatic carbocycles. The number of benzene rings is 1. The lowest BCUT2D eigenvalue weighted by Gasteiger charge is -2.72. The molecule has 1 aliphatic heterocycles. The van der Waals surface area contributed by atoms with Crippen LogP contribution in [0.25, 0.3) is 5.57 Å². The highest BCUT2D eigenvalue weighted by atomic mass is 16.5. The van der Waals surface area contributed by atoms with Crippen molar-refractivity contribution in [1.29, 1.82) is 0 Å². The van der Waals surface area contributed by atoms with E-state index in [1.807, 2.05) is 12.1 Å². The molecule has 5 aliphatic carbocycles. The number of amides is 2. The molecule has 5 fully saturated rings. The summed E-state index contributed by atoms with van der Waals surface area (Å²) in [6.07, 6.45) is 12.8. The Morgan fingerprint density at radius 3 is 2.27 bits per heavy atom. The molecule has 2 amide bonds. The van der Waals surface area contributed by atoms with E-state index >= 15 is 0 Å². The van der Waals surface area contributed by atoms with Crippen LogP contribution in [0.3, 0.4) is 0 Å². The molecule has 7 heteroatoms. The molecule has 1 heterocycles. The number of carboxylic acid groups (broad SMARTS) is 1. The highest BCUT2D eigenvalue weighted by Crippen LogP contribution is 2.76. The van der Waals surface area contributed by atoms with Crippen molar-refractivity contribution in [2.24, 2.45) is 51.2 Å². The van der Waals surface area contributed by atoms with E-state index < -0.39 is 5.97 Å². The Morgan fingerprint density at radius 1 is 0.923 bits per heavy atom. The number of aromatic carboxylic acids is 1. The Morgan fingerprint density at radius 2 is 1.62 bits per heavy atom. The molecule has 1 saturated heterocycles. The maximum Gasteiger partial charge on any atom is 0.335 e. The number of hydrogen-bond acceptors (Lipinski definition) is 4. The van der Waals surface area contributed by atoms with E-state index in [1.165, 1.54) is 36.8 Å². The Hall–Kier alpha value is -2.64. The van der Waals surface area contributed by atoms with Gasteiger partial charge >= 0.3 is 12.0 Å². The largest absolute Gasteiger partial charge is 0.478 e. The monoisotopic (exact) mass is 714 g/mol. The maximum absolute atomic E-state index is 14.0. The molecule has 9 atom stereocenters. The van der Waals surface area contributed by atoms with E-state index in [-0.39, 0.29) is 38.8 Å². The number of carbonyl (C=O) groups excluding carboxylic acids is 1. The molecular weight excluding hydrogens is 647 g/mol. The van der Waals surface area contributed by atoms with Crippen LogP contribution in [0.2, 0.25) is 0 Å². The molecule has 6 aliphatic rings. The molecule has 1 aromatic rings. The van der Waals surface area contributed by atoms with Gasteiger partial charge in [0.05, 0.1) is 18.8 Å². The van der Waals surface area contributed by atoms with Gasteiger partial charge in [-0.1, -0.05) is 65.0 Å². The summed E-state index contributed by atoms with van der Waals surface area (Å²) in [5, 5.41) is 16.6. The third kappa shape index (κ3) is 5.90. The third-order valence-electron chi connectivity index (χ3n) is 16.6. The van der Waals surface area contributed by atoms with Gasteiger partial charge in [0.1, 0.15) is 0 Å². The summed E-state index contributed by atoms with van der Waals surface area (Å²) in [4.78, 5) is 28.0. The zero-order valence-electron chi connectivity index (χ0n) is 33.5. The van der Waals surface area contributed by atoms with Crippen LogP contribution in [-0.2, 0) is 4.74 Å². The summed E-state index contributed by atoms with van der Waals surface area (Å²) >= 11 is 0. The van der Waals surface area contributed by atoms with Crippen LogP contribution in [0, 0.1) is 51.2 Å². The van der Waals surface area contributed by atoms with Gasteiger partial charge in [-0.15, -0.1) is 0 Å². The number of nitrogens with zero attached hydrogens (tertiary/aromatic N) is 1. The van der Waals surface area contributed by atoms with Crippen LogP contribution in [0.4, 0.5) is 4.79 Å². The summed E-state index contributed by atoms with van der Waals surface area (Å²) in [5.41, 5.74) is 4.22. The summed E-state index contributed by atoms with van der Waals surface area (Å²) < 4.78 is 5.57. The first-order chi connectivity index (χ1) is 24.4. The predicted molar refractivity (Wildman–Crippen MR) is 209 cm³/mol. The molecular formula is C45H67N3O4. The molecule has 4 saturated carbocycles. The number of carbonyl (C=O) groups is 2. The molecule has 0 spiro atoms. The van der Waals surface area contributed by atoms with Crippen LogP contribution >= 0.6 is 0 Å². The maximum atomic E-state index is 14.0. The highest BCUT2D eigenvalue weighted by molar-refractivity contribution is 5.88. The number of ether oxygens (including phenoxy) is 1. The molecule has 0 unspecified atom stereocenters. The molecule has 0 bridgehead atoms. The van der Waals surface area contributed by atoms with Gasteiger partial charge in [-0.2, -0.15) is 0 Å². The third-order valence-corrected chi connectivity index (χ3v) is 16.6. The van der Waals surface area contributed by atoms with E-state index in [0.717, 1.165) is 70.5 Å². The second-order valence-electron chi connectivity index (χ2n) is 20.1. The van der Waals surface area contributed by atoms with Gasteiger partial charge < -0.3 is 20.5 Å². The first kappa shape index (κ1) is 37.7. The van der Waals surface area contributed by atoms with Crippen LogP contribution in [0.15, 0.2) is 42.5 Å². The molecule has 3 N–H and O–H groups in total. The summed E-state index contributed by atoms with van der Waals surface area (Å²) in [5.74, 6) is 1.69. The highest BCUT2D eigenvalue weighted by Gasteiger charge is 2.70. The lowest BCUT2D eigenvalue weighted by atomic mass is 9.33. The lowest BCUT2D eigenvalue weighted by molar-refractivity contribution is -0.218. The average molecular weight is 714 g/mol. The van der Waals surface area contributed by atoms with Crippen molar-refractivity contribution in [2.45, 2.75) is 124 Å². The molecule has 286 valence electrons. The standard InChI is InChI=1S/C45H67N3O4/c1-29(2)32-16-21-45(47-39(51)46-40(3,4)28-48-24-26-52-27-25-48)23-22-43(8)34(37(32)45)14-15-36-42(7)19-17-33(30-10-12-31(13-11-30)38(49)50)41(5,6)35(42)18-20-44(36,43)9/h10-13,17,32,34-37H,1,14-16,18-28H2,2-9H3,(H,49,50)(H2,46,47,51)/t32-,34+,35-,36+,37+,42-,43+,44+,45-/m0/s1. The number of rotatable bonds is 7. The average Bonchev–Trinajstić information content (AvgIpc) is 3.44. The van der Waals surface area contributed by atoms with Crippen LogP contribution in [-0.4, -0.2) is 65.9 Å². The van der Waals surface area contributed by atoms with E-state index in [0.29, 0.717) is 35.2 Å². The van der Waals surface area contributed by atoms with Crippen molar-refractivity contribution in [2.75, 3.05) is 32.8 Å². The zero-order valence-corrected chi connectivity index (χ0v) is 33.5. The molecule has 0 radical (unpaired) electrons. The van der Waals surface area contributed by atoms with Crippen molar-refractivity contribution in [3.8, 4) is 0 Å². The summed E-state index contributed by atoms with van der Waals surface area (Å²) in [7, 11) is 0. The Balaban J connectivity index is 1.15. The van der Waals surface area contributed by atoms with Crippen molar-refractivity contribution in [1.82, 2.24) is 15.5 Å². The van der Waals surface area contributed by atoms with Gasteiger partial charge in [-0.3, -0.25) is 4.90 Å². The van der Waals surface area contributed by atoms with Crippen LogP contribution in [0.5, 0.6) is 0 Å². The number of morpholine rings is 1. The molecule has 7 rings (SSSR count). The fraction of sp³-hybridized carbons (Fsp3) is 0.733. The minimum atomic E-state index is -0.874. The van der Waals surface area contributed by atoms with Crippen molar-refractivity contribution >= 4 is 17.6 Å². The number of nitrogens with one attached hydrogen (secondary N) is 2. The Kier molecular flexibility index (Phi) is 9.41. The minimum absolute atomic E-state index is 0.00762. The van der Waals surface area contributed by atoms with E-state index in [1.54, 1.807) is 12.1 Å². The summed E-state index contributed by atoms with van der Waals surface area (Å²) in [6.45, 7) is 28.1. The van der Waals surface area contributed by atoms with E-state index in [2.05, 4.69) is 83.6 Å². The zero-order chi connectivity index (χ0) is 37.5. The quantitative estimate of drug-likeness (QED) is 0.245. The van der Waals surface area contributed by atoms with Gasteiger partial charge in [0.15, 0.2) is 0 Å². The van der Waals surface area contributed by atoms with Gasteiger partial charge in [-0.05, 0) is 153 Å². The van der Waals surface area contributed by atoms with Gasteiger partial charge in [-0.25, -0.2) is 9.59 Å². The minimum Gasteiger partial charge on any atom is -0.478 e. The second kappa shape index (κ2) is 13.0. The summed E-state index contributed by atoms with van der Waals surface area (Å²) in [6, 6.07) is 7.56. The fourth-order valence-corrected chi connectivity index (χ4v) is 14.2. The second-order valence-corrected chi connectivity index (χ2v) is 20.1.